The summed E-state index contributed by atoms with van der Waals surface area (Å²) in [4.78, 5) is 42.2. The van der Waals surface area contributed by atoms with E-state index in [4.69, 9.17) is 15.9 Å². The van der Waals surface area contributed by atoms with Gasteiger partial charge in [-0.05, 0) is 160 Å². The van der Waals surface area contributed by atoms with Gasteiger partial charge in [0.1, 0.15) is 29.3 Å². The molecular formula is C57H72O5P+. The number of carbonyl (C=O) groups excluding carboxylic acids is 3. The third-order valence-corrected chi connectivity index (χ3v) is 23.1. The number of terminal acetylenes is 1. The molecule has 4 saturated carbocycles. The average molecular weight is 868 g/mol. The zero-order valence-electron chi connectivity index (χ0n) is 39.2. The molecule has 0 bridgehead atoms. The molecule has 3 aromatic carbocycles. The summed E-state index contributed by atoms with van der Waals surface area (Å²) in [5.41, 5.74) is -0.131. The summed E-state index contributed by atoms with van der Waals surface area (Å²) in [5.74, 6) is 2.73. The van der Waals surface area contributed by atoms with E-state index in [-0.39, 0.29) is 75.3 Å². The minimum atomic E-state index is -1.90. The fourth-order valence-electron chi connectivity index (χ4n) is 14.7. The normalized spacial score (nSPS) is 34.4. The Kier molecular flexibility index (Phi) is 12.4. The molecule has 9 atom stereocenters. The molecule has 0 aromatic heterocycles. The van der Waals surface area contributed by atoms with E-state index in [1.54, 1.807) is 0 Å². The number of fused-ring (bicyclic) bond motifs is 7. The van der Waals surface area contributed by atoms with Gasteiger partial charge < -0.3 is 9.47 Å². The van der Waals surface area contributed by atoms with Crippen LogP contribution < -0.4 is 15.9 Å². The Hall–Kier alpha value is -4.00. The summed E-state index contributed by atoms with van der Waals surface area (Å²) in [6.07, 6.45) is 19.8. The maximum atomic E-state index is 15.0. The first kappa shape index (κ1) is 45.6. The first-order valence-electron chi connectivity index (χ1n) is 24.1. The number of esters is 2. The lowest BCUT2D eigenvalue weighted by Crippen LogP contribution is -2.66. The number of rotatable bonds is 12. The van der Waals surface area contributed by atoms with Crippen molar-refractivity contribution >= 4 is 40.9 Å². The monoisotopic (exact) mass is 868 g/mol. The standard InChI is InChI=1S/C57H72O5P/c1-9-37-61-51(60)54(5)34-33-53(4)35-36-56(7)44(45(53)40-54)39-46(58)50-55(6)31-30-48(52(2,3)47(55)29-32-57(50,56)8)62-49(59)28-20-13-21-38-63(41-22-14-10-15-23-41,42-24-16-11-17-25-42)43-26-18-12-19-27-43/h1,10-12,14-19,22-27,39,45,47-48,50H,13,20-21,28-38,40H2,2-8H3/q+1/t45-,47?,48-,50?,53+,54-,55-,56+,57+/m0/s1. The van der Waals surface area contributed by atoms with Crippen molar-refractivity contribution in [2.24, 2.45) is 50.2 Å². The van der Waals surface area contributed by atoms with Gasteiger partial charge in [0.05, 0.1) is 11.6 Å². The molecule has 8 rings (SSSR count). The minimum Gasteiger partial charge on any atom is -0.462 e. The van der Waals surface area contributed by atoms with Gasteiger partial charge in [0.25, 0.3) is 0 Å². The first-order valence-corrected chi connectivity index (χ1v) is 26.1. The molecule has 3 aromatic rings. The van der Waals surface area contributed by atoms with Crippen molar-refractivity contribution in [2.75, 3.05) is 12.8 Å². The molecule has 5 aliphatic rings. The molecule has 0 spiro atoms. The minimum absolute atomic E-state index is 0.00662. The van der Waals surface area contributed by atoms with Crippen LogP contribution in [-0.2, 0) is 23.9 Å². The van der Waals surface area contributed by atoms with Gasteiger partial charge >= 0.3 is 11.9 Å². The molecule has 0 N–H and O–H groups in total. The van der Waals surface area contributed by atoms with Gasteiger partial charge in [-0.3, -0.25) is 14.4 Å². The van der Waals surface area contributed by atoms with Crippen LogP contribution in [0.15, 0.2) is 103 Å². The van der Waals surface area contributed by atoms with Crippen LogP contribution in [0.5, 0.6) is 0 Å². The number of allylic oxidation sites excluding steroid dienone is 2. The molecule has 0 heterocycles. The number of hydrogen-bond donors (Lipinski definition) is 0. The predicted octanol–water partition coefficient (Wildman–Crippen LogP) is 11.6. The Bertz CT molecular complexity index is 2150. The second-order valence-corrected chi connectivity index (χ2v) is 25.8. The van der Waals surface area contributed by atoms with E-state index in [1.165, 1.54) is 21.5 Å². The Morgan fingerprint density at radius 2 is 1.32 bits per heavy atom. The number of hydrogen-bond acceptors (Lipinski definition) is 5. The lowest BCUT2D eigenvalue weighted by atomic mass is 9.33. The van der Waals surface area contributed by atoms with Gasteiger partial charge in [0, 0.05) is 17.8 Å². The molecule has 334 valence electrons. The van der Waals surface area contributed by atoms with Gasteiger partial charge in [0.2, 0.25) is 0 Å². The largest absolute Gasteiger partial charge is 0.462 e. The zero-order chi connectivity index (χ0) is 44.9. The molecule has 0 radical (unpaired) electrons. The van der Waals surface area contributed by atoms with Crippen molar-refractivity contribution in [3.05, 3.63) is 103 Å². The topological polar surface area (TPSA) is 69.7 Å². The molecular weight excluding hydrogens is 796 g/mol. The van der Waals surface area contributed by atoms with Crippen LogP contribution in [0.3, 0.4) is 0 Å². The van der Waals surface area contributed by atoms with Gasteiger partial charge in [-0.25, -0.2) is 0 Å². The number of carbonyl (C=O) groups is 3. The number of ether oxygens (including phenoxy) is 2. The highest BCUT2D eigenvalue weighted by Crippen LogP contribution is 2.75. The summed E-state index contributed by atoms with van der Waals surface area (Å²) >= 11 is 0. The predicted molar refractivity (Wildman–Crippen MR) is 258 cm³/mol. The highest BCUT2D eigenvalue weighted by molar-refractivity contribution is 7.95. The van der Waals surface area contributed by atoms with Crippen LogP contribution in [0.1, 0.15) is 132 Å². The molecule has 0 saturated heterocycles. The van der Waals surface area contributed by atoms with Gasteiger partial charge in [-0.15, -0.1) is 6.42 Å². The first-order chi connectivity index (χ1) is 30.0. The maximum Gasteiger partial charge on any atom is 0.312 e. The molecule has 0 amide bonds. The van der Waals surface area contributed by atoms with Crippen molar-refractivity contribution in [1.29, 1.82) is 0 Å². The highest BCUT2D eigenvalue weighted by atomic mass is 31.2. The van der Waals surface area contributed by atoms with Crippen molar-refractivity contribution in [2.45, 2.75) is 138 Å². The quantitative estimate of drug-likeness (QED) is 0.0785. The van der Waals surface area contributed by atoms with Gasteiger partial charge in [-0.2, -0.15) is 0 Å². The van der Waals surface area contributed by atoms with E-state index in [2.05, 4.69) is 145 Å². The van der Waals surface area contributed by atoms with Crippen LogP contribution in [0, 0.1) is 62.6 Å². The number of unbranched alkanes of at least 4 members (excludes halogenated alkanes) is 2. The Morgan fingerprint density at radius 3 is 1.90 bits per heavy atom. The summed E-state index contributed by atoms with van der Waals surface area (Å²) in [6.45, 7) is 16.3. The summed E-state index contributed by atoms with van der Waals surface area (Å²) in [7, 11) is -1.90. The highest BCUT2D eigenvalue weighted by Gasteiger charge is 2.70. The zero-order valence-corrected chi connectivity index (χ0v) is 40.1. The van der Waals surface area contributed by atoms with E-state index in [0.29, 0.717) is 12.8 Å². The summed E-state index contributed by atoms with van der Waals surface area (Å²) < 4.78 is 12.1. The van der Waals surface area contributed by atoms with Crippen LogP contribution in [-0.4, -0.2) is 36.6 Å². The molecule has 0 aliphatic heterocycles. The van der Waals surface area contributed by atoms with Crippen molar-refractivity contribution < 1.29 is 23.9 Å². The van der Waals surface area contributed by atoms with Crippen LogP contribution >= 0.6 is 7.26 Å². The third-order valence-electron chi connectivity index (χ3n) is 18.5. The summed E-state index contributed by atoms with van der Waals surface area (Å²) in [5, 5.41) is 4.18. The van der Waals surface area contributed by atoms with E-state index in [1.807, 2.05) is 6.92 Å². The Balaban J connectivity index is 0.944. The fraction of sp³-hybridized carbons (Fsp3) is 0.561. The lowest BCUT2D eigenvalue weighted by Gasteiger charge is -2.70. The van der Waals surface area contributed by atoms with Gasteiger partial charge in [-0.1, -0.05) is 108 Å². The van der Waals surface area contributed by atoms with E-state index in [0.717, 1.165) is 76.8 Å². The van der Waals surface area contributed by atoms with E-state index in [9.17, 15) is 14.4 Å². The molecule has 5 nitrogen and oxygen atoms in total. The van der Waals surface area contributed by atoms with Crippen LogP contribution in [0.2, 0.25) is 0 Å². The van der Waals surface area contributed by atoms with Crippen LogP contribution in [0.4, 0.5) is 0 Å². The average Bonchev–Trinajstić information content (AvgIpc) is 3.27. The van der Waals surface area contributed by atoms with E-state index < -0.39 is 12.7 Å². The molecule has 63 heavy (non-hydrogen) atoms. The smallest absolute Gasteiger partial charge is 0.312 e. The number of ketones is 1. The van der Waals surface area contributed by atoms with Crippen molar-refractivity contribution in [1.82, 2.24) is 0 Å². The SMILES string of the molecule is C#CCOC(=O)[C@@]1(C)CC[C@]2(C)CC[C@]3(C)C(=CC(=O)C4[C@@]5(C)CC[C@H](OC(=O)CCCCC[P+](c6ccccc6)(c6ccccc6)c6ccccc6)C(C)(C)C5CC[C@]43C)[C@@H]2C1. The van der Waals surface area contributed by atoms with Gasteiger partial charge in [0.15, 0.2) is 12.4 Å². The second kappa shape index (κ2) is 17.1. The molecule has 4 fully saturated rings. The summed E-state index contributed by atoms with van der Waals surface area (Å²) in [6, 6.07) is 33.1. The Morgan fingerprint density at radius 1 is 0.730 bits per heavy atom. The van der Waals surface area contributed by atoms with Crippen molar-refractivity contribution in [3.63, 3.8) is 0 Å². The molecule has 5 aliphatic carbocycles. The molecule has 6 heteroatoms. The second-order valence-electron chi connectivity index (χ2n) is 22.2. The Labute approximate surface area is 379 Å². The molecule has 2 unspecified atom stereocenters. The lowest BCUT2D eigenvalue weighted by molar-refractivity contribution is -0.211. The maximum absolute atomic E-state index is 15.0. The third kappa shape index (κ3) is 7.57. The van der Waals surface area contributed by atoms with E-state index >= 15 is 0 Å². The van der Waals surface area contributed by atoms with Crippen LogP contribution in [0.25, 0.3) is 0 Å². The van der Waals surface area contributed by atoms with Crippen molar-refractivity contribution in [3.8, 4) is 12.3 Å². The fourth-order valence-corrected chi connectivity index (χ4v) is 19.1. The number of benzene rings is 3.